The lowest BCUT2D eigenvalue weighted by atomic mass is 10.2. The van der Waals surface area contributed by atoms with E-state index in [0.717, 1.165) is 5.56 Å². The molecule has 0 saturated carbocycles. The number of nitro groups is 1. The Morgan fingerprint density at radius 2 is 2.10 bits per heavy atom. The van der Waals surface area contributed by atoms with Gasteiger partial charge in [-0.2, -0.15) is 0 Å². The quantitative estimate of drug-likeness (QED) is 0.412. The topological polar surface area (TPSA) is 145 Å². The SMILES string of the molecule is Cc1noc(C)c1CNc1ncnc(NN)c1[N+](=O)[O-]. The molecule has 0 fully saturated rings. The third-order valence-corrected chi connectivity index (χ3v) is 2.76. The summed E-state index contributed by atoms with van der Waals surface area (Å²) in [5, 5.41) is 17.7. The molecule has 0 aliphatic heterocycles. The van der Waals surface area contributed by atoms with E-state index in [-0.39, 0.29) is 17.3 Å². The van der Waals surface area contributed by atoms with Gasteiger partial charge in [-0.3, -0.25) is 10.1 Å². The first kappa shape index (κ1) is 13.7. The fraction of sp³-hybridized carbons (Fsp3) is 0.300. The Morgan fingerprint density at radius 3 is 2.65 bits per heavy atom. The Balaban J connectivity index is 2.28. The molecular formula is C10H13N7O3. The summed E-state index contributed by atoms with van der Waals surface area (Å²) in [7, 11) is 0. The molecule has 0 radical (unpaired) electrons. The summed E-state index contributed by atoms with van der Waals surface area (Å²) in [6, 6.07) is 0. The summed E-state index contributed by atoms with van der Waals surface area (Å²) in [6.07, 6.45) is 1.18. The number of hydrogen-bond acceptors (Lipinski definition) is 9. The monoisotopic (exact) mass is 279 g/mol. The van der Waals surface area contributed by atoms with Crippen molar-refractivity contribution in [1.29, 1.82) is 0 Å². The number of anilines is 2. The molecule has 2 rings (SSSR count). The highest BCUT2D eigenvalue weighted by atomic mass is 16.6. The second kappa shape index (κ2) is 5.48. The lowest BCUT2D eigenvalue weighted by molar-refractivity contribution is -0.383. The van der Waals surface area contributed by atoms with Gasteiger partial charge in [-0.1, -0.05) is 5.16 Å². The number of hydrazine groups is 1. The third kappa shape index (κ3) is 2.49. The highest BCUT2D eigenvalue weighted by molar-refractivity contribution is 5.68. The third-order valence-electron chi connectivity index (χ3n) is 2.76. The van der Waals surface area contributed by atoms with Gasteiger partial charge in [0.2, 0.25) is 11.6 Å². The Hall–Kier alpha value is -2.75. The van der Waals surface area contributed by atoms with Crippen molar-refractivity contribution in [3.63, 3.8) is 0 Å². The van der Waals surface area contributed by atoms with Gasteiger partial charge in [0.25, 0.3) is 0 Å². The maximum absolute atomic E-state index is 11.1. The van der Waals surface area contributed by atoms with Gasteiger partial charge in [-0.05, 0) is 13.8 Å². The van der Waals surface area contributed by atoms with Crippen LogP contribution >= 0.6 is 0 Å². The summed E-state index contributed by atoms with van der Waals surface area (Å²) in [4.78, 5) is 18.0. The van der Waals surface area contributed by atoms with Crippen molar-refractivity contribution in [1.82, 2.24) is 15.1 Å². The first-order valence-electron chi connectivity index (χ1n) is 5.66. The summed E-state index contributed by atoms with van der Waals surface area (Å²) >= 11 is 0. The van der Waals surface area contributed by atoms with Gasteiger partial charge in [0.05, 0.1) is 10.6 Å². The van der Waals surface area contributed by atoms with E-state index in [1.165, 1.54) is 6.33 Å². The number of nitrogens with zero attached hydrogens (tertiary/aromatic N) is 4. The van der Waals surface area contributed by atoms with E-state index < -0.39 is 4.92 Å². The Bertz CT molecular complexity index is 620. The lowest BCUT2D eigenvalue weighted by Crippen LogP contribution is -2.14. The van der Waals surface area contributed by atoms with E-state index in [2.05, 4.69) is 25.9 Å². The molecule has 0 amide bonds. The van der Waals surface area contributed by atoms with Gasteiger partial charge in [0.1, 0.15) is 12.1 Å². The van der Waals surface area contributed by atoms with Crippen molar-refractivity contribution >= 4 is 17.3 Å². The molecule has 0 aliphatic rings. The zero-order valence-corrected chi connectivity index (χ0v) is 10.9. The Morgan fingerprint density at radius 1 is 1.40 bits per heavy atom. The van der Waals surface area contributed by atoms with Crippen LogP contribution in [-0.2, 0) is 6.54 Å². The van der Waals surface area contributed by atoms with Crippen LogP contribution in [0.25, 0.3) is 0 Å². The number of aryl methyl sites for hydroxylation is 2. The molecule has 0 aliphatic carbocycles. The molecular weight excluding hydrogens is 266 g/mol. The molecule has 0 atom stereocenters. The van der Waals surface area contributed by atoms with Crippen LogP contribution in [0, 0.1) is 24.0 Å². The normalized spacial score (nSPS) is 10.3. The molecule has 20 heavy (non-hydrogen) atoms. The van der Waals surface area contributed by atoms with Gasteiger partial charge in [0.15, 0.2) is 0 Å². The fourth-order valence-corrected chi connectivity index (χ4v) is 1.71. The lowest BCUT2D eigenvalue weighted by Gasteiger charge is -2.07. The van der Waals surface area contributed by atoms with Crippen LogP contribution in [0.1, 0.15) is 17.0 Å². The minimum atomic E-state index is -0.606. The number of aromatic nitrogens is 3. The van der Waals surface area contributed by atoms with E-state index in [9.17, 15) is 10.1 Å². The predicted octanol–water partition coefficient (Wildman–Crippen LogP) is 0.887. The summed E-state index contributed by atoms with van der Waals surface area (Å²) in [5.41, 5.74) is 3.38. The molecule has 2 aromatic rings. The smallest absolute Gasteiger partial charge is 0.354 e. The predicted molar refractivity (Wildman–Crippen MR) is 69.8 cm³/mol. The molecule has 106 valence electrons. The molecule has 0 saturated heterocycles. The van der Waals surface area contributed by atoms with Crippen molar-refractivity contribution in [2.24, 2.45) is 5.84 Å². The highest BCUT2D eigenvalue weighted by Crippen LogP contribution is 2.28. The highest BCUT2D eigenvalue weighted by Gasteiger charge is 2.22. The first-order valence-corrected chi connectivity index (χ1v) is 5.66. The maximum Gasteiger partial charge on any atom is 0.354 e. The molecule has 0 aromatic carbocycles. The van der Waals surface area contributed by atoms with Crippen LogP contribution in [0.2, 0.25) is 0 Å². The molecule has 0 spiro atoms. The second-order valence-corrected chi connectivity index (χ2v) is 3.98. The first-order chi connectivity index (χ1) is 9.54. The molecule has 0 unspecified atom stereocenters. The minimum Gasteiger partial charge on any atom is -0.361 e. The van der Waals surface area contributed by atoms with E-state index >= 15 is 0 Å². The van der Waals surface area contributed by atoms with Crippen LogP contribution in [0.4, 0.5) is 17.3 Å². The van der Waals surface area contributed by atoms with Crippen molar-refractivity contribution in [3.8, 4) is 0 Å². The van der Waals surface area contributed by atoms with Crippen LogP contribution in [0.15, 0.2) is 10.9 Å². The summed E-state index contributed by atoms with van der Waals surface area (Å²) < 4.78 is 5.02. The van der Waals surface area contributed by atoms with E-state index in [1.54, 1.807) is 13.8 Å². The van der Waals surface area contributed by atoms with Crippen LogP contribution in [0.3, 0.4) is 0 Å². The van der Waals surface area contributed by atoms with Gasteiger partial charge in [0, 0.05) is 12.1 Å². The standard InChI is InChI=1S/C10H13N7O3/c1-5-7(6(2)20-16-5)3-12-9-8(17(18)19)10(15-11)14-4-13-9/h4H,3,11H2,1-2H3,(H2,12,13,14,15). The summed E-state index contributed by atoms with van der Waals surface area (Å²) in [6.45, 7) is 3.84. The fourth-order valence-electron chi connectivity index (χ4n) is 1.71. The number of hydrogen-bond donors (Lipinski definition) is 3. The van der Waals surface area contributed by atoms with Crippen molar-refractivity contribution < 1.29 is 9.45 Å². The van der Waals surface area contributed by atoms with Crippen LogP contribution in [-0.4, -0.2) is 20.0 Å². The molecule has 2 heterocycles. The largest absolute Gasteiger partial charge is 0.361 e. The van der Waals surface area contributed by atoms with Crippen molar-refractivity contribution in [2.75, 3.05) is 10.7 Å². The molecule has 2 aromatic heterocycles. The van der Waals surface area contributed by atoms with E-state index in [0.29, 0.717) is 18.0 Å². The maximum atomic E-state index is 11.1. The van der Waals surface area contributed by atoms with Gasteiger partial charge < -0.3 is 15.3 Å². The number of nitrogen functional groups attached to an aromatic ring is 1. The number of nitrogens with one attached hydrogen (secondary N) is 2. The zero-order chi connectivity index (χ0) is 14.7. The van der Waals surface area contributed by atoms with Gasteiger partial charge >= 0.3 is 5.69 Å². The average molecular weight is 279 g/mol. The van der Waals surface area contributed by atoms with Crippen molar-refractivity contribution in [3.05, 3.63) is 33.5 Å². The van der Waals surface area contributed by atoms with Crippen LogP contribution in [0.5, 0.6) is 0 Å². The zero-order valence-electron chi connectivity index (χ0n) is 10.9. The minimum absolute atomic E-state index is 0.0636. The molecule has 0 bridgehead atoms. The van der Waals surface area contributed by atoms with Crippen molar-refractivity contribution in [2.45, 2.75) is 20.4 Å². The average Bonchev–Trinajstić information content (AvgIpc) is 2.75. The Labute approximate surface area is 113 Å². The van der Waals surface area contributed by atoms with E-state index in [4.69, 9.17) is 10.4 Å². The second-order valence-electron chi connectivity index (χ2n) is 3.98. The molecule has 10 nitrogen and oxygen atoms in total. The van der Waals surface area contributed by atoms with Gasteiger partial charge in [-0.25, -0.2) is 15.8 Å². The summed E-state index contributed by atoms with van der Waals surface area (Å²) in [5.74, 6) is 5.85. The van der Waals surface area contributed by atoms with Crippen LogP contribution < -0.4 is 16.6 Å². The Kier molecular flexibility index (Phi) is 3.75. The number of rotatable bonds is 5. The molecule has 10 heteroatoms. The molecule has 4 N–H and O–H groups in total. The number of nitrogens with two attached hydrogens (primary N) is 1. The van der Waals surface area contributed by atoms with Gasteiger partial charge in [-0.15, -0.1) is 0 Å². The van der Waals surface area contributed by atoms with E-state index in [1.807, 2.05) is 0 Å².